The van der Waals surface area contributed by atoms with Gasteiger partial charge >= 0.3 is 7.60 Å². The summed E-state index contributed by atoms with van der Waals surface area (Å²) in [7, 11) is -5.05. The zero-order chi connectivity index (χ0) is 61.5. The van der Waals surface area contributed by atoms with Gasteiger partial charge in [-0.25, -0.2) is 4.98 Å². The number of hydrogen-bond donors (Lipinski definition) is 9. The van der Waals surface area contributed by atoms with E-state index in [4.69, 9.17) is 22.1 Å². The maximum atomic E-state index is 14.4. The van der Waals surface area contributed by atoms with Crippen molar-refractivity contribution in [3.63, 3.8) is 0 Å². The Morgan fingerprint density at radius 3 is 2.34 bits per heavy atom. The number of aromatic nitrogens is 2. The van der Waals surface area contributed by atoms with E-state index < -0.39 is 96.3 Å². The van der Waals surface area contributed by atoms with Gasteiger partial charge in [0.2, 0.25) is 35.4 Å². The maximum absolute atomic E-state index is 14.4. The number of nitrogens with zero attached hydrogens (tertiary/aromatic N) is 3. The first-order chi connectivity index (χ1) is 40.3. The molecule has 2 aromatic heterocycles. The number of aliphatic hydroxyl groups excluding tert-OH is 1. The smallest absolute Gasteiger partial charge is 0.396 e. The maximum Gasteiger partial charge on any atom is 0.396 e. The number of unbranched alkanes of at least 4 members (excludes halogenated alkanes) is 1. The second-order valence-corrected chi connectivity index (χ2v) is 26.2. The van der Waals surface area contributed by atoms with E-state index in [1.165, 1.54) is 29.2 Å². The van der Waals surface area contributed by atoms with Gasteiger partial charge in [-0.2, -0.15) is 0 Å². The number of H-pyrrole nitrogens is 1. The van der Waals surface area contributed by atoms with E-state index in [-0.39, 0.29) is 62.0 Å². The average Bonchev–Trinajstić information content (AvgIpc) is 3.66. The molecule has 5 aromatic rings. The summed E-state index contributed by atoms with van der Waals surface area (Å²) in [5, 5.41) is 23.2. The summed E-state index contributed by atoms with van der Waals surface area (Å²) < 4.78 is 17.8. The topological polar surface area (TPSA) is 333 Å². The normalized spacial score (nSPS) is 20.2. The number of carbonyl (C=O) groups is 8. The minimum Gasteiger partial charge on any atom is -0.490 e. The first kappa shape index (κ1) is 64.0. The highest BCUT2D eigenvalue weighted by Gasteiger charge is 2.46. The van der Waals surface area contributed by atoms with Gasteiger partial charge < -0.3 is 61.4 Å². The van der Waals surface area contributed by atoms with Crippen molar-refractivity contribution in [2.24, 2.45) is 11.1 Å². The zero-order valence-electron chi connectivity index (χ0n) is 48.2. The number of aromatic amines is 1. The fraction of sp³-hybridized carbons (Fsp3) is 0.483. The van der Waals surface area contributed by atoms with Crippen molar-refractivity contribution in [3.05, 3.63) is 105 Å². The van der Waals surface area contributed by atoms with Crippen molar-refractivity contribution in [2.45, 2.75) is 166 Å². The monoisotopic (exact) mass is 1230 g/mol. The summed E-state index contributed by atoms with van der Waals surface area (Å²) in [6.07, 6.45) is 3.92. The predicted octanol–water partition coefficient (Wildman–Crippen LogP) is 6.52. The molecular weight excluding hydrogens is 1150 g/mol. The molecule has 3 fully saturated rings. The van der Waals surface area contributed by atoms with Gasteiger partial charge in [0, 0.05) is 48.3 Å². The highest BCUT2D eigenvalue weighted by atomic mass is 35.5. The number of β-amino-alcohol motifs (C(OH)–C–C–N with tert-alkyl or cyclic N) is 1. The lowest BCUT2D eigenvalue weighted by Gasteiger charge is -2.35. The third kappa shape index (κ3) is 15.9. The van der Waals surface area contributed by atoms with Crippen molar-refractivity contribution in [1.82, 2.24) is 41.0 Å². The standard InChI is InChI=1S/C60H75ClN9O13PS/c1-33(35-17-19-37(20-18-35)52-34(2)63-32-85-52)64-56(76)47-29-42(71)30-69(47)58(78)53(60(3,4)5)68-50(73)16-9-6-11-36-12-10-15-48(51(36)61)83-31-40(22-26-49(62)72)65-55(75)46-25-23-41-13-7-8-14-44(57(77)70(41)46)67-54(74)45-28-39-27-38(21-24-43(39)66-45)59(79)84(80,81)82/h10,12,15,17-21,24,27-28,32-33,40-42,44,46-47,53,66,71H,6-9,11,13-14,16,22-23,25-26,29-31H2,1-5H3,(H2,62,72)(H,64,76)(H,65,75)(H,67,74)(H,68,73)(H2,80,81,82)/t33-,40-,41-,42+,44-,46-,47-,53+/m0/s1. The van der Waals surface area contributed by atoms with Crippen molar-refractivity contribution in [3.8, 4) is 16.2 Å². The van der Waals surface area contributed by atoms with Crippen LogP contribution in [0.5, 0.6) is 5.75 Å². The van der Waals surface area contributed by atoms with Crippen LogP contribution < -0.4 is 31.7 Å². The molecule has 0 radical (unpaired) electrons. The second-order valence-electron chi connectivity index (χ2n) is 23.5. The van der Waals surface area contributed by atoms with Gasteiger partial charge in [0.05, 0.1) is 39.3 Å². The molecule has 25 heteroatoms. The van der Waals surface area contributed by atoms with Gasteiger partial charge in [0.25, 0.3) is 11.4 Å². The summed E-state index contributed by atoms with van der Waals surface area (Å²) in [5.74, 6) is -3.02. The largest absolute Gasteiger partial charge is 0.490 e. The second kappa shape index (κ2) is 27.6. The Morgan fingerprint density at radius 2 is 1.65 bits per heavy atom. The zero-order valence-corrected chi connectivity index (χ0v) is 50.7. The van der Waals surface area contributed by atoms with Crippen LogP contribution in [0.1, 0.15) is 148 Å². The molecule has 0 unspecified atom stereocenters. The minimum atomic E-state index is -5.05. The molecule has 3 aromatic carbocycles. The van der Waals surface area contributed by atoms with Gasteiger partial charge in [-0.05, 0) is 118 Å². The van der Waals surface area contributed by atoms with Crippen molar-refractivity contribution in [2.75, 3.05) is 13.2 Å². The fourth-order valence-corrected chi connectivity index (χ4v) is 13.0. The molecule has 22 nitrogen and oxygen atoms in total. The first-order valence-corrected chi connectivity index (χ1v) is 31.6. The van der Waals surface area contributed by atoms with Gasteiger partial charge in [-0.1, -0.05) is 81.6 Å². The molecule has 0 aliphatic carbocycles. The van der Waals surface area contributed by atoms with Crippen LogP contribution in [0.2, 0.25) is 5.02 Å². The van der Waals surface area contributed by atoms with Crippen LogP contribution in [-0.2, 0) is 39.8 Å². The number of aliphatic hydroxyl groups is 1. The van der Waals surface area contributed by atoms with E-state index in [1.54, 1.807) is 33.9 Å². The molecule has 0 saturated carbocycles. The van der Waals surface area contributed by atoms with Gasteiger partial charge in [-0.3, -0.25) is 42.9 Å². The van der Waals surface area contributed by atoms with E-state index >= 15 is 0 Å². The van der Waals surface area contributed by atoms with Crippen LogP contribution >= 0.6 is 30.5 Å². The van der Waals surface area contributed by atoms with E-state index in [1.807, 2.05) is 65.0 Å². The molecule has 0 bridgehead atoms. The summed E-state index contributed by atoms with van der Waals surface area (Å²) in [6, 6.07) is 13.2. The number of carbonyl (C=O) groups excluding carboxylic acids is 8. The van der Waals surface area contributed by atoms with Gasteiger partial charge in [0.1, 0.15) is 42.2 Å². The van der Waals surface area contributed by atoms with Crippen LogP contribution in [0.15, 0.2) is 72.2 Å². The van der Waals surface area contributed by atoms with Gasteiger partial charge in [-0.15, -0.1) is 11.3 Å². The number of fused-ring (bicyclic) bond motifs is 2. The van der Waals surface area contributed by atoms with E-state index in [0.717, 1.165) is 33.7 Å². The lowest BCUT2D eigenvalue weighted by molar-refractivity contribution is -0.144. The molecule has 456 valence electrons. The molecule has 8 atom stereocenters. The highest BCUT2D eigenvalue weighted by molar-refractivity contribution is 7.70. The molecule has 0 spiro atoms. The molecule has 3 aliphatic heterocycles. The van der Waals surface area contributed by atoms with Crippen molar-refractivity contribution < 1.29 is 62.6 Å². The number of nitrogens with one attached hydrogen (secondary N) is 5. The predicted molar refractivity (Wildman–Crippen MR) is 319 cm³/mol. The number of halogens is 1. The number of aryl methyl sites for hydroxylation is 2. The Morgan fingerprint density at radius 1 is 0.918 bits per heavy atom. The van der Waals surface area contributed by atoms with E-state index in [2.05, 4.69) is 31.2 Å². The fourth-order valence-electron chi connectivity index (χ4n) is 11.4. The molecule has 3 aliphatic rings. The van der Waals surface area contributed by atoms with Crippen molar-refractivity contribution in [1.29, 1.82) is 0 Å². The Bertz CT molecular complexity index is 3360. The summed E-state index contributed by atoms with van der Waals surface area (Å²) in [5.41, 5.74) is 9.05. The number of ether oxygens (including phenoxy) is 1. The number of likely N-dealkylation sites (tertiary alicyclic amines) is 1. The number of thiazole rings is 1. The Hall–Kier alpha value is -7.01. The SMILES string of the molecule is Cc1ncsc1-c1ccc([C@H](C)NC(=O)[C@@H]2C[C@@H](O)CN2C(=O)[C@@H](NC(=O)CCCCc2cccc(OC[C@H](CCC(N)=O)NC(=O)[C@@H]3CC[C@@H]4CCCC[C@H](NC(=O)c5cc6cc(C(=O)P(=O)(O)O)ccc6[nH]5)C(=O)N43)c2Cl)C(C)(C)C)cc1. The Kier molecular flexibility index (Phi) is 20.8. The third-order valence-corrected chi connectivity index (χ3v) is 18.2. The summed E-state index contributed by atoms with van der Waals surface area (Å²) in [4.78, 5) is 138. The third-order valence-electron chi connectivity index (χ3n) is 16.0. The molecule has 10 N–H and O–H groups in total. The number of nitrogens with two attached hydrogens (primary N) is 1. The van der Waals surface area contributed by atoms with E-state index in [9.17, 15) is 57.8 Å². The van der Waals surface area contributed by atoms with Crippen LogP contribution in [0.4, 0.5) is 0 Å². The minimum absolute atomic E-state index is 0.0503. The lowest BCUT2D eigenvalue weighted by Crippen LogP contribution is -2.57. The molecule has 3 saturated heterocycles. The Balaban J connectivity index is 0.833. The number of primary amides is 1. The molecule has 7 amide bonds. The van der Waals surface area contributed by atoms with Crippen LogP contribution in [0, 0.1) is 12.3 Å². The number of hydrogen-bond acceptors (Lipinski definition) is 13. The van der Waals surface area contributed by atoms with Crippen LogP contribution in [-0.4, -0.2) is 137 Å². The lowest BCUT2D eigenvalue weighted by atomic mass is 9.85. The molecule has 8 rings (SSSR count). The summed E-state index contributed by atoms with van der Waals surface area (Å²) >= 11 is 8.46. The molecule has 85 heavy (non-hydrogen) atoms. The van der Waals surface area contributed by atoms with Crippen LogP contribution in [0.25, 0.3) is 21.3 Å². The molecular formula is C60H75ClN9O13PS. The molecule has 5 heterocycles. The average molecular weight is 1230 g/mol. The van der Waals surface area contributed by atoms with Crippen molar-refractivity contribution >= 4 is 88.3 Å². The van der Waals surface area contributed by atoms with E-state index in [0.29, 0.717) is 73.0 Å². The Labute approximate surface area is 501 Å². The van der Waals surface area contributed by atoms with Gasteiger partial charge in [0.15, 0.2) is 0 Å². The quantitative estimate of drug-likeness (QED) is 0.0249. The first-order valence-electron chi connectivity index (χ1n) is 28.7. The van der Waals surface area contributed by atoms with Crippen LogP contribution in [0.3, 0.4) is 0 Å². The summed E-state index contributed by atoms with van der Waals surface area (Å²) in [6.45, 7) is 9.13. The number of amides is 7. The number of benzene rings is 3. The highest BCUT2D eigenvalue weighted by Crippen LogP contribution is 2.40. The number of rotatable bonds is 23.